The van der Waals surface area contributed by atoms with Crippen molar-refractivity contribution in [1.29, 1.82) is 0 Å². The number of hydrogen-bond donors (Lipinski definition) is 2. The third-order valence-electron chi connectivity index (χ3n) is 5.20. The number of benzene rings is 1. The van der Waals surface area contributed by atoms with Gasteiger partial charge < -0.3 is 11.1 Å². The first kappa shape index (κ1) is 18.6. The average molecular weight is 371 g/mol. The second kappa shape index (κ2) is 7.23. The number of carbonyl (C=O) groups excluding carboxylic acids is 2. The summed E-state index contributed by atoms with van der Waals surface area (Å²) >= 11 is 1.52. The fourth-order valence-corrected chi connectivity index (χ4v) is 4.97. The minimum atomic E-state index is -0.452. The lowest BCUT2D eigenvalue weighted by Crippen LogP contribution is -2.27. The molecule has 0 saturated carbocycles. The van der Waals surface area contributed by atoms with Gasteiger partial charge in [-0.1, -0.05) is 51.1 Å². The van der Waals surface area contributed by atoms with Gasteiger partial charge in [0.05, 0.1) is 12.0 Å². The number of nitrogens with one attached hydrogen (secondary N) is 1. The van der Waals surface area contributed by atoms with E-state index in [-0.39, 0.29) is 17.7 Å². The first-order valence-electron chi connectivity index (χ1n) is 9.04. The van der Waals surface area contributed by atoms with Crippen LogP contribution >= 0.6 is 11.3 Å². The molecule has 0 unspecified atom stereocenters. The van der Waals surface area contributed by atoms with Crippen molar-refractivity contribution in [1.82, 2.24) is 0 Å². The van der Waals surface area contributed by atoms with Crippen LogP contribution in [0.2, 0.25) is 0 Å². The first-order chi connectivity index (χ1) is 12.3. The Labute approximate surface area is 158 Å². The molecule has 3 N–H and O–H groups in total. The molecular formula is C21H26N2O2S. The smallest absolute Gasteiger partial charge is 0.251 e. The molecule has 1 atom stereocenters. The molecule has 138 valence electrons. The predicted molar refractivity (Wildman–Crippen MR) is 107 cm³/mol. The number of thiophene rings is 1. The van der Waals surface area contributed by atoms with E-state index in [1.165, 1.54) is 16.2 Å². The zero-order valence-electron chi connectivity index (χ0n) is 15.6. The van der Waals surface area contributed by atoms with E-state index in [2.05, 4.69) is 26.1 Å². The van der Waals surface area contributed by atoms with Gasteiger partial charge in [0.25, 0.3) is 5.91 Å². The number of fused-ring (bicyclic) bond motifs is 1. The lowest BCUT2D eigenvalue weighted by molar-refractivity contribution is -0.115. The van der Waals surface area contributed by atoms with E-state index >= 15 is 0 Å². The highest BCUT2D eigenvalue weighted by Crippen LogP contribution is 2.44. The fraction of sp³-hybridized carbons (Fsp3) is 0.429. The number of nitrogens with two attached hydrogens (primary N) is 1. The van der Waals surface area contributed by atoms with Crippen molar-refractivity contribution in [2.75, 3.05) is 5.32 Å². The van der Waals surface area contributed by atoms with Crippen molar-refractivity contribution in [2.24, 2.45) is 17.1 Å². The lowest BCUT2D eigenvalue weighted by Gasteiger charge is -2.33. The fourth-order valence-electron chi connectivity index (χ4n) is 3.63. The predicted octanol–water partition coefficient (Wildman–Crippen LogP) is 4.18. The van der Waals surface area contributed by atoms with Crippen LogP contribution in [0, 0.1) is 11.3 Å². The summed E-state index contributed by atoms with van der Waals surface area (Å²) in [5.74, 6) is -0.00126. The van der Waals surface area contributed by atoms with E-state index in [0.29, 0.717) is 16.5 Å². The summed E-state index contributed by atoms with van der Waals surface area (Å²) in [5.41, 5.74) is 8.37. The molecule has 1 aromatic heterocycles. The van der Waals surface area contributed by atoms with Crippen LogP contribution < -0.4 is 11.1 Å². The SMILES string of the molecule is CC(C)(C)[C@H]1CCc2c(sc(NC(=O)Cc3ccccc3)c2C(N)=O)C1. The summed E-state index contributed by atoms with van der Waals surface area (Å²) in [5, 5.41) is 3.54. The molecule has 2 amide bonds. The van der Waals surface area contributed by atoms with Crippen LogP contribution in [0.15, 0.2) is 30.3 Å². The van der Waals surface area contributed by atoms with E-state index in [9.17, 15) is 9.59 Å². The zero-order chi connectivity index (χ0) is 18.9. The Morgan fingerprint density at radius 3 is 2.54 bits per heavy atom. The highest BCUT2D eigenvalue weighted by molar-refractivity contribution is 7.17. The van der Waals surface area contributed by atoms with Gasteiger partial charge in [0.15, 0.2) is 0 Å². The molecule has 1 aliphatic rings. The maximum absolute atomic E-state index is 12.4. The molecule has 0 saturated heterocycles. The summed E-state index contributed by atoms with van der Waals surface area (Å²) < 4.78 is 0. The number of carbonyl (C=O) groups is 2. The third kappa shape index (κ3) is 3.98. The van der Waals surface area contributed by atoms with Gasteiger partial charge in [-0.15, -0.1) is 11.3 Å². The second-order valence-electron chi connectivity index (χ2n) is 8.09. The number of anilines is 1. The van der Waals surface area contributed by atoms with Gasteiger partial charge in [-0.3, -0.25) is 9.59 Å². The Bertz CT molecular complexity index is 819. The standard InChI is InChI=1S/C21H26N2O2S/c1-21(2,3)14-9-10-15-16(12-14)26-20(18(15)19(22)25)23-17(24)11-13-7-5-4-6-8-13/h4-8,14H,9-12H2,1-3H3,(H2,22,25)(H,23,24)/t14-/m0/s1. The molecule has 26 heavy (non-hydrogen) atoms. The largest absolute Gasteiger partial charge is 0.365 e. The molecule has 1 aliphatic carbocycles. The normalized spacial score (nSPS) is 16.8. The minimum absolute atomic E-state index is 0.121. The quantitative estimate of drug-likeness (QED) is 0.847. The third-order valence-corrected chi connectivity index (χ3v) is 6.37. The van der Waals surface area contributed by atoms with Crippen LogP contribution in [-0.2, 0) is 24.1 Å². The van der Waals surface area contributed by atoms with Crippen LogP contribution in [0.3, 0.4) is 0 Å². The Morgan fingerprint density at radius 2 is 1.92 bits per heavy atom. The van der Waals surface area contributed by atoms with Crippen molar-refractivity contribution in [3.8, 4) is 0 Å². The van der Waals surface area contributed by atoms with Crippen LogP contribution in [-0.4, -0.2) is 11.8 Å². The highest BCUT2D eigenvalue weighted by atomic mass is 32.1. The zero-order valence-corrected chi connectivity index (χ0v) is 16.4. The maximum Gasteiger partial charge on any atom is 0.251 e. The van der Waals surface area contributed by atoms with Crippen molar-refractivity contribution in [2.45, 2.75) is 46.5 Å². The molecule has 1 heterocycles. The molecule has 0 bridgehead atoms. The molecule has 0 fully saturated rings. The van der Waals surface area contributed by atoms with Crippen LogP contribution in [0.25, 0.3) is 0 Å². The van der Waals surface area contributed by atoms with E-state index < -0.39 is 5.91 Å². The molecule has 2 aromatic rings. The summed E-state index contributed by atoms with van der Waals surface area (Å²) in [7, 11) is 0. The van der Waals surface area contributed by atoms with Crippen molar-refractivity contribution in [3.05, 3.63) is 51.9 Å². The van der Waals surface area contributed by atoms with Gasteiger partial charge in [-0.25, -0.2) is 0 Å². The molecule has 3 rings (SSSR count). The summed E-state index contributed by atoms with van der Waals surface area (Å²) in [4.78, 5) is 25.7. The number of rotatable bonds is 4. The number of primary amides is 1. The van der Waals surface area contributed by atoms with Crippen molar-refractivity contribution >= 4 is 28.2 Å². The molecule has 0 aliphatic heterocycles. The summed E-state index contributed by atoms with van der Waals surface area (Å²) in [6, 6.07) is 9.58. The van der Waals surface area contributed by atoms with E-state index in [4.69, 9.17) is 5.73 Å². The van der Waals surface area contributed by atoms with Crippen molar-refractivity contribution in [3.63, 3.8) is 0 Å². The van der Waals surface area contributed by atoms with Gasteiger partial charge in [-0.05, 0) is 41.7 Å². The Kier molecular flexibility index (Phi) is 5.19. The first-order valence-corrected chi connectivity index (χ1v) is 9.85. The van der Waals surface area contributed by atoms with Gasteiger partial charge in [0, 0.05) is 4.88 Å². The molecular weight excluding hydrogens is 344 g/mol. The van der Waals surface area contributed by atoms with Crippen LogP contribution in [0.5, 0.6) is 0 Å². The topological polar surface area (TPSA) is 72.2 Å². The van der Waals surface area contributed by atoms with E-state index in [0.717, 1.165) is 30.4 Å². The highest BCUT2D eigenvalue weighted by Gasteiger charge is 2.33. The summed E-state index contributed by atoms with van der Waals surface area (Å²) in [6.45, 7) is 6.77. The number of hydrogen-bond acceptors (Lipinski definition) is 3. The summed E-state index contributed by atoms with van der Waals surface area (Å²) in [6.07, 6.45) is 3.12. The molecule has 5 heteroatoms. The van der Waals surface area contributed by atoms with Crippen LogP contribution in [0.4, 0.5) is 5.00 Å². The van der Waals surface area contributed by atoms with E-state index in [1.807, 2.05) is 30.3 Å². The van der Waals surface area contributed by atoms with Gasteiger partial charge in [0.1, 0.15) is 5.00 Å². The molecule has 0 radical (unpaired) electrons. The monoisotopic (exact) mass is 370 g/mol. The van der Waals surface area contributed by atoms with Gasteiger partial charge in [0.2, 0.25) is 5.91 Å². The minimum Gasteiger partial charge on any atom is -0.365 e. The molecule has 1 aromatic carbocycles. The molecule has 4 nitrogen and oxygen atoms in total. The lowest BCUT2D eigenvalue weighted by atomic mass is 9.72. The number of amides is 2. The van der Waals surface area contributed by atoms with Crippen LogP contribution in [0.1, 0.15) is 53.6 Å². The second-order valence-corrected chi connectivity index (χ2v) is 9.19. The Morgan fingerprint density at radius 1 is 1.23 bits per heavy atom. The van der Waals surface area contributed by atoms with Gasteiger partial charge >= 0.3 is 0 Å². The Balaban J connectivity index is 1.83. The van der Waals surface area contributed by atoms with Gasteiger partial charge in [-0.2, -0.15) is 0 Å². The van der Waals surface area contributed by atoms with Crippen molar-refractivity contribution < 1.29 is 9.59 Å². The molecule has 0 spiro atoms. The average Bonchev–Trinajstić information content (AvgIpc) is 2.91. The maximum atomic E-state index is 12.4. The van der Waals surface area contributed by atoms with E-state index in [1.54, 1.807) is 0 Å². The Hall–Kier alpha value is -2.14.